The van der Waals surface area contributed by atoms with Gasteiger partial charge in [-0.25, -0.2) is 4.79 Å². The van der Waals surface area contributed by atoms with Gasteiger partial charge in [-0.3, -0.25) is 4.79 Å². The Kier molecular flexibility index (Phi) is 6.45. The Morgan fingerprint density at radius 2 is 2.22 bits per heavy atom. The van der Waals surface area contributed by atoms with Crippen molar-refractivity contribution in [1.82, 2.24) is 10.6 Å². The van der Waals surface area contributed by atoms with Crippen LogP contribution in [-0.2, 0) is 14.3 Å². The molecule has 2 unspecified atom stereocenters. The second-order valence-corrected chi connectivity index (χ2v) is 4.13. The topological polar surface area (TPSA) is 96.9 Å². The number of ether oxygens (including phenoxy) is 2. The van der Waals surface area contributed by atoms with Crippen molar-refractivity contribution < 1.29 is 24.2 Å². The molecule has 0 aromatic heterocycles. The lowest BCUT2D eigenvalue weighted by atomic mass is 10.1. The van der Waals surface area contributed by atoms with Crippen LogP contribution in [0.1, 0.15) is 19.8 Å². The first-order valence-electron chi connectivity index (χ1n) is 6.07. The largest absolute Gasteiger partial charge is 0.481 e. The lowest BCUT2D eigenvalue weighted by Gasteiger charge is -2.23. The summed E-state index contributed by atoms with van der Waals surface area (Å²) in [6, 6.07) is -0.733. The van der Waals surface area contributed by atoms with E-state index in [2.05, 4.69) is 10.6 Å². The summed E-state index contributed by atoms with van der Waals surface area (Å²) >= 11 is 0. The van der Waals surface area contributed by atoms with Crippen LogP contribution >= 0.6 is 0 Å². The average Bonchev–Trinajstić information content (AvgIpc) is 2.36. The van der Waals surface area contributed by atoms with Crippen LogP contribution in [0.15, 0.2) is 0 Å². The predicted molar refractivity (Wildman–Crippen MR) is 63.4 cm³/mol. The van der Waals surface area contributed by atoms with E-state index in [1.54, 1.807) is 0 Å². The zero-order chi connectivity index (χ0) is 13.4. The molecule has 0 saturated carbocycles. The van der Waals surface area contributed by atoms with Gasteiger partial charge in [0.25, 0.3) is 0 Å². The highest BCUT2D eigenvalue weighted by Gasteiger charge is 2.17. The SMILES string of the molecule is CCC(CC(=O)O)NC(=O)NCC1COCCO1. The molecular formula is C11H20N2O5. The summed E-state index contributed by atoms with van der Waals surface area (Å²) in [4.78, 5) is 22.1. The minimum absolute atomic E-state index is 0.0764. The third-order valence-corrected chi connectivity index (χ3v) is 2.62. The highest BCUT2D eigenvalue weighted by molar-refractivity contribution is 5.75. The Hall–Kier alpha value is -1.34. The van der Waals surface area contributed by atoms with Crippen molar-refractivity contribution in [2.45, 2.75) is 31.9 Å². The smallest absolute Gasteiger partial charge is 0.315 e. The van der Waals surface area contributed by atoms with Crippen molar-refractivity contribution in [3.63, 3.8) is 0 Å². The first kappa shape index (κ1) is 14.7. The number of nitrogens with one attached hydrogen (secondary N) is 2. The lowest BCUT2D eigenvalue weighted by molar-refractivity contribution is -0.137. The molecule has 2 atom stereocenters. The summed E-state index contributed by atoms with van der Waals surface area (Å²) in [6.07, 6.45) is 0.361. The number of hydrogen-bond acceptors (Lipinski definition) is 4. The summed E-state index contributed by atoms with van der Waals surface area (Å²) < 4.78 is 10.6. The molecule has 1 aliphatic rings. The molecule has 1 saturated heterocycles. The molecule has 0 aromatic rings. The van der Waals surface area contributed by atoms with Gasteiger partial charge in [-0.2, -0.15) is 0 Å². The third kappa shape index (κ3) is 5.83. The maximum Gasteiger partial charge on any atom is 0.315 e. The van der Waals surface area contributed by atoms with Gasteiger partial charge in [0.2, 0.25) is 0 Å². The summed E-state index contributed by atoms with van der Waals surface area (Å²) in [7, 11) is 0. The van der Waals surface area contributed by atoms with Crippen LogP contribution in [-0.4, -0.2) is 55.6 Å². The number of carbonyl (C=O) groups excluding carboxylic acids is 1. The summed E-state index contributed by atoms with van der Waals surface area (Å²) in [5.41, 5.74) is 0. The molecule has 1 fully saturated rings. The van der Waals surface area contributed by atoms with Crippen LogP contribution in [0.4, 0.5) is 4.79 Å². The molecule has 0 radical (unpaired) electrons. The maximum atomic E-state index is 11.5. The molecule has 1 rings (SSSR count). The van der Waals surface area contributed by atoms with Crippen LogP contribution < -0.4 is 10.6 Å². The number of urea groups is 1. The summed E-state index contributed by atoms with van der Waals surface area (Å²) in [5.74, 6) is -0.925. The molecule has 7 nitrogen and oxygen atoms in total. The van der Waals surface area contributed by atoms with Crippen molar-refractivity contribution in [1.29, 1.82) is 0 Å². The maximum absolute atomic E-state index is 11.5. The molecule has 0 spiro atoms. The van der Waals surface area contributed by atoms with Crippen LogP contribution in [0, 0.1) is 0 Å². The minimum atomic E-state index is -0.925. The average molecular weight is 260 g/mol. The number of hydrogen-bond donors (Lipinski definition) is 3. The molecule has 1 aliphatic heterocycles. The molecule has 18 heavy (non-hydrogen) atoms. The van der Waals surface area contributed by atoms with Crippen LogP contribution in [0.25, 0.3) is 0 Å². The van der Waals surface area contributed by atoms with Crippen molar-refractivity contribution in [3.05, 3.63) is 0 Å². The Balaban J connectivity index is 2.20. The normalized spacial score (nSPS) is 21.1. The summed E-state index contributed by atoms with van der Waals surface area (Å²) in [5, 5.41) is 13.9. The fourth-order valence-electron chi connectivity index (χ4n) is 1.61. The van der Waals surface area contributed by atoms with Crippen LogP contribution in [0.5, 0.6) is 0 Å². The molecule has 104 valence electrons. The first-order chi connectivity index (χ1) is 8.61. The minimum Gasteiger partial charge on any atom is -0.481 e. The van der Waals surface area contributed by atoms with Crippen molar-refractivity contribution in [3.8, 4) is 0 Å². The van der Waals surface area contributed by atoms with Gasteiger partial charge >= 0.3 is 12.0 Å². The van der Waals surface area contributed by atoms with Crippen molar-refractivity contribution >= 4 is 12.0 Å². The number of carbonyl (C=O) groups is 2. The molecular weight excluding hydrogens is 240 g/mol. The molecule has 0 aromatic carbocycles. The molecule has 7 heteroatoms. The third-order valence-electron chi connectivity index (χ3n) is 2.62. The van der Waals surface area contributed by atoms with Crippen molar-refractivity contribution in [2.24, 2.45) is 0 Å². The fourth-order valence-corrected chi connectivity index (χ4v) is 1.61. The van der Waals surface area contributed by atoms with Crippen LogP contribution in [0.3, 0.4) is 0 Å². The number of carboxylic acid groups (broad SMARTS) is 1. The van der Waals surface area contributed by atoms with Gasteiger partial charge in [-0.15, -0.1) is 0 Å². The Morgan fingerprint density at radius 3 is 2.78 bits per heavy atom. The number of aliphatic carboxylic acids is 1. The van der Waals surface area contributed by atoms with Gasteiger partial charge in [0.1, 0.15) is 0 Å². The van der Waals surface area contributed by atoms with E-state index in [9.17, 15) is 9.59 Å². The molecule has 2 amide bonds. The van der Waals surface area contributed by atoms with Crippen LogP contribution in [0.2, 0.25) is 0 Å². The zero-order valence-electron chi connectivity index (χ0n) is 10.5. The second kappa shape index (κ2) is 7.88. The van der Waals surface area contributed by atoms with Gasteiger partial charge in [0.15, 0.2) is 0 Å². The van der Waals surface area contributed by atoms with Gasteiger partial charge in [0.05, 0.1) is 32.3 Å². The quantitative estimate of drug-likeness (QED) is 0.622. The number of rotatable bonds is 6. The van der Waals surface area contributed by atoms with Crippen molar-refractivity contribution in [2.75, 3.05) is 26.4 Å². The number of amides is 2. The van der Waals surface area contributed by atoms with Gasteiger partial charge in [0, 0.05) is 12.6 Å². The Bertz CT molecular complexity index is 279. The van der Waals surface area contributed by atoms with Gasteiger partial charge < -0.3 is 25.2 Å². The highest BCUT2D eigenvalue weighted by Crippen LogP contribution is 2.00. The number of carboxylic acids is 1. The standard InChI is InChI=1S/C11H20N2O5/c1-2-8(5-10(14)15)13-11(16)12-6-9-7-17-3-4-18-9/h8-9H,2-7H2,1H3,(H,14,15)(H2,12,13,16). The predicted octanol–water partition coefficient (Wildman–Crippen LogP) is -0.0457. The summed E-state index contributed by atoms with van der Waals surface area (Å²) in [6.45, 7) is 3.76. The van der Waals surface area contributed by atoms with E-state index in [-0.39, 0.29) is 24.6 Å². The van der Waals surface area contributed by atoms with E-state index in [0.29, 0.717) is 32.8 Å². The highest BCUT2D eigenvalue weighted by atomic mass is 16.6. The second-order valence-electron chi connectivity index (χ2n) is 4.13. The lowest BCUT2D eigenvalue weighted by Crippen LogP contribution is -2.47. The van der Waals surface area contributed by atoms with E-state index in [1.807, 2.05) is 6.92 Å². The Labute approximate surface area is 106 Å². The van der Waals surface area contributed by atoms with E-state index in [0.717, 1.165) is 0 Å². The monoisotopic (exact) mass is 260 g/mol. The van der Waals surface area contributed by atoms with E-state index in [4.69, 9.17) is 14.6 Å². The first-order valence-corrected chi connectivity index (χ1v) is 6.07. The molecule has 0 bridgehead atoms. The molecule has 3 N–H and O–H groups in total. The van der Waals surface area contributed by atoms with Gasteiger partial charge in [-0.1, -0.05) is 6.92 Å². The fraction of sp³-hybridized carbons (Fsp3) is 0.818. The molecule has 0 aliphatic carbocycles. The van der Waals surface area contributed by atoms with E-state index in [1.165, 1.54) is 0 Å². The molecule has 1 heterocycles. The van der Waals surface area contributed by atoms with E-state index >= 15 is 0 Å². The zero-order valence-corrected chi connectivity index (χ0v) is 10.5. The van der Waals surface area contributed by atoms with Gasteiger partial charge in [-0.05, 0) is 6.42 Å². The Morgan fingerprint density at radius 1 is 1.44 bits per heavy atom. The van der Waals surface area contributed by atoms with E-state index < -0.39 is 5.97 Å².